The molecule has 3 heterocycles. The van der Waals surface area contributed by atoms with Crippen LogP contribution in [0.2, 0.25) is 0 Å². The van der Waals surface area contributed by atoms with Crippen molar-refractivity contribution in [1.29, 1.82) is 0 Å². The molecule has 0 fully saturated rings. The molecule has 278 valence electrons. The third-order valence-corrected chi connectivity index (χ3v) is 12.8. The fourth-order valence-corrected chi connectivity index (χ4v) is 10.1. The van der Waals surface area contributed by atoms with E-state index in [2.05, 4.69) is 167 Å². The van der Waals surface area contributed by atoms with Crippen LogP contribution in [0.15, 0.2) is 205 Å². The van der Waals surface area contributed by atoms with Crippen LogP contribution < -0.4 is 4.90 Å². The number of rotatable bonds is 6. The van der Waals surface area contributed by atoms with E-state index in [1.807, 2.05) is 41.7 Å². The molecule has 9 aromatic carbocycles. The van der Waals surface area contributed by atoms with Gasteiger partial charge in [-0.15, -0.1) is 11.3 Å². The SMILES string of the molecule is Fc1ccc2c3ccccc3n(-c3ccccc3-c3ccc(N(c4ccc(-c5cccc6c5oc5ccccc56)cc4)c4ccc5sc6ccccc6c5c4)cc3)c2c1. The summed E-state index contributed by atoms with van der Waals surface area (Å²) in [5.41, 5.74) is 12.1. The lowest BCUT2D eigenvalue weighted by Crippen LogP contribution is -2.09. The minimum atomic E-state index is -0.253. The summed E-state index contributed by atoms with van der Waals surface area (Å²) in [6.45, 7) is 0. The van der Waals surface area contributed by atoms with Crippen LogP contribution >= 0.6 is 11.3 Å². The van der Waals surface area contributed by atoms with Gasteiger partial charge >= 0.3 is 0 Å². The van der Waals surface area contributed by atoms with Gasteiger partial charge in [-0.3, -0.25) is 0 Å². The zero-order valence-electron chi connectivity index (χ0n) is 31.6. The molecule has 0 N–H and O–H groups in total. The van der Waals surface area contributed by atoms with Crippen molar-refractivity contribution in [3.63, 3.8) is 0 Å². The van der Waals surface area contributed by atoms with E-state index in [4.69, 9.17) is 4.42 Å². The molecule has 3 nitrogen and oxygen atoms in total. The highest BCUT2D eigenvalue weighted by atomic mass is 32.1. The molecule has 12 aromatic rings. The van der Waals surface area contributed by atoms with Crippen LogP contribution in [0.3, 0.4) is 0 Å². The lowest BCUT2D eigenvalue weighted by molar-refractivity contribution is 0.629. The van der Waals surface area contributed by atoms with Gasteiger partial charge in [-0.25, -0.2) is 4.39 Å². The van der Waals surface area contributed by atoms with Gasteiger partial charge in [0.05, 0.1) is 16.7 Å². The molecule has 59 heavy (non-hydrogen) atoms. The number of para-hydroxylation sites is 4. The second kappa shape index (κ2) is 13.3. The number of anilines is 3. The molecular formula is C54H33FN2OS. The fourth-order valence-electron chi connectivity index (χ4n) is 8.97. The zero-order valence-corrected chi connectivity index (χ0v) is 32.5. The first-order chi connectivity index (χ1) is 29.2. The maximum atomic E-state index is 14.8. The summed E-state index contributed by atoms with van der Waals surface area (Å²) in [7, 11) is 0. The van der Waals surface area contributed by atoms with Crippen molar-refractivity contribution in [3.8, 4) is 27.9 Å². The van der Waals surface area contributed by atoms with E-state index < -0.39 is 0 Å². The molecule has 0 bridgehead atoms. The number of benzene rings is 9. The van der Waals surface area contributed by atoms with Gasteiger partial charge in [-0.05, 0) is 96.1 Å². The Balaban J connectivity index is 0.988. The van der Waals surface area contributed by atoms with Gasteiger partial charge in [-0.2, -0.15) is 0 Å². The first-order valence-corrected chi connectivity index (χ1v) is 20.6. The minimum absolute atomic E-state index is 0.253. The van der Waals surface area contributed by atoms with Crippen molar-refractivity contribution in [2.24, 2.45) is 0 Å². The molecule has 0 atom stereocenters. The van der Waals surface area contributed by atoms with Gasteiger partial charge in [0.25, 0.3) is 0 Å². The lowest BCUT2D eigenvalue weighted by Gasteiger charge is -2.26. The molecule has 0 saturated carbocycles. The van der Waals surface area contributed by atoms with Crippen LogP contribution in [-0.4, -0.2) is 4.57 Å². The fraction of sp³-hybridized carbons (Fsp3) is 0. The third kappa shape index (κ3) is 5.39. The Labute approximate surface area is 343 Å². The number of furan rings is 1. The largest absolute Gasteiger partial charge is 0.455 e. The van der Waals surface area contributed by atoms with E-state index in [0.29, 0.717) is 0 Å². The predicted octanol–water partition coefficient (Wildman–Crippen LogP) is 16.0. The number of thiophene rings is 1. The lowest BCUT2D eigenvalue weighted by atomic mass is 10.0. The Morgan fingerprint density at radius 1 is 0.424 bits per heavy atom. The van der Waals surface area contributed by atoms with Crippen LogP contribution in [0.25, 0.3) is 91.9 Å². The van der Waals surface area contributed by atoms with Gasteiger partial charge in [0.15, 0.2) is 0 Å². The summed E-state index contributed by atoms with van der Waals surface area (Å²) in [6, 6.07) is 69.4. The summed E-state index contributed by atoms with van der Waals surface area (Å²) < 4.78 is 26.0. The Bertz CT molecular complexity index is 3580. The van der Waals surface area contributed by atoms with E-state index >= 15 is 0 Å². The van der Waals surface area contributed by atoms with E-state index in [-0.39, 0.29) is 5.82 Å². The number of aromatic nitrogens is 1. The molecule has 5 heteroatoms. The molecular weight excluding hydrogens is 744 g/mol. The summed E-state index contributed by atoms with van der Waals surface area (Å²) >= 11 is 1.83. The van der Waals surface area contributed by atoms with Crippen LogP contribution in [0, 0.1) is 5.82 Å². The molecule has 0 spiro atoms. The number of hydrogen-bond donors (Lipinski definition) is 0. The van der Waals surface area contributed by atoms with Crippen molar-refractivity contribution in [2.45, 2.75) is 0 Å². The van der Waals surface area contributed by atoms with Crippen molar-refractivity contribution in [3.05, 3.63) is 206 Å². The monoisotopic (exact) mass is 776 g/mol. The topological polar surface area (TPSA) is 21.3 Å². The van der Waals surface area contributed by atoms with Gasteiger partial charge < -0.3 is 13.9 Å². The van der Waals surface area contributed by atoms with E-state index in [1.165, 1.54) is 20.2 Å². The maximum absolute atomic E-state index is 14.8. The number of fused-ring (bicyclic) bond motifs is 9. The van der Waals surface area contributed by atoms with Crippen molar-refractivity contribution in [1.82, 2.24) is 4.57 Å². The highest BCUT2D eigenvalue weighted by Crippen LogP contribution is 2.43. The van der Waals surface area contributed by atoms with Crippen LogP contribution in [0.1, 0.15) is 0 Å². The molecule has 0 amide bonds. The van der Waals surface area contributed by atoms with E-state index in [9.17, 15) is 4.39 Å². The quantitative estimate of drug-likeness (QED) is 0.168. The first kappa shape index (κ1) is 33.6. The van der Waals surface area contributed by atoms with Crippen LogP contribution in [0.5, 0.6) is 0 Å². The molecule has 12 rings (SSSR count). The van der Waals surface area contributed by atoms with E-state index in [1.54, 1.807) is 12.1 Å². The first-order valence-electron chi connectivity index (χ1n) is 19.8. The summed E-state index contributed by atoms with van der Waals surface area (Å²) in [5.74, 6) is -0.253. The molecule has 0 unspecified atom stereocenters. The average molecular weight is 777 g/mol. The predicted molar refractivity (Wildman–Crippen MR) is 246 cm³/mol. The average Bonchev–Trinajstić information content (AvgIpc) is 3.96. The highest BCUT2D eigenvalue weighted by Gasteiger charge is 2.19. The van der Waals surface area contributed by atoms with Gasteiger partial charge in [0, 0.05) is 69.9 Å². The van der Waals surface area contributed by atoms with Gasteiger partial charge in [-0.1, -0.05) is 115 Å². The Hall–Kier alpha value is -7.47. The Kier molecular flexibility index (Phi) is 7.59. The van der Waals surface area contributed by atoms with Crippen LogP contribution in [0.4, 0.5) is 21.5 Å². The standard InChI is InChI=1S/C54H33FN2OS/c55-36-24-30-43-42-11-2-6-17-49(42)57(50(43)32-36)48-16-5-1-10-40(48)34-20-25-37(26-21-34)56(39-29-31-53-47(33-39)45-13-4-8-19-52(45)59-53)38-27-22-35(23-28-38)41-14-9-15-46-44-12-3-7-18-51(44)58-54(41)46/h1-33H. The van der Waals surface area contributed by atoms with Crippen molar-refractivity contribution >= 4 is 92.3 Å². The van der Waals surface area contributed by atoms with E-state index in [0.717, 1.165) is 88.7 Å². The maximum Gasteiger partial charge on any atom is 0.143 e. The molecule has 0 aliphatic carbocycles. The Morgan fingerprint density at radius 3 is 1.86 bits per heavy atom. The minimum Gasteiger partial charge on any atom is -0.455 e. The van der Waals surface area contributed by atoms with Gasteiger partial charge in [0.1, 0.15) is 17.0 Å². The normalized spacial score (nSPS) is 11.8. The number of nitrogens with zero attached hydrogens (tertiary/aromatic N) is 2. The smallest absolute Gasteiger partial charge is 0.143 e. The molecule has 0 radical (unpaired) electrons. The van der Waals surface area contributed by atoms with Crippen LogP contribution in [-0.2, 0) is 0 Å². The molecule has 0 saturated heterocycles. The summed E-state index contributed by atoms with van der Waals surface area (Å²) in [5, 5.41) is 6.87. The second-order valence-corrected chi connectivity index (χ2v) is 16.1. The van der Waals surface area contributed by atoms with Crippen molar-refractivity contribution in [2.75, 3.05) is 4.90 Å². The number of hydrogen-bond acceptors (Lipinski definition) is 3. The zero-order chi connectivity index (χ0) is 39.0. The number of halogens is 1. The summed E-state index contributed by atoms with van der Waals surface area (Å²) in [6.07, 6.45) is 0. The van der Waals surface area contributed by atoms with Gasteiger partial charge in [0.2, 0.25) is 0 Å². The molecule has 0 aliphatic heterocycles. The third-order valence-electron chi connectivity index (χ3n) is 11.7. The highest BCUT2D eigenvalue weighted by molar-refractivity contribution is 7.25. The van der Waals surface area contributed by atoms with Crippen molar-refractivity contribution < 1.29 is 8.81 Å². The molecule has 0 aliphatic rings. The Morgan fingerprint density at radius 2 is 1.03 bits per heavy atom. The molecule has 3 aromatic heterocycles. The second-order valence-electron chi connectivity index (χ2n) is 15.0. The summed E-state index contributed by atoms with van der Waals surface area (Å²) in [4.78, 5) is 2.34.